The zero-order valence-corrected chi connectivity index (χ0v) is 22.5. The van der Waals surface area contributed by atoms with E-state index in [0.29, 0.717) is 21.4 Å². The highest BCUT2D eigenvalue weighted by Crippen LogP contribution is 2.23. The molecule has 8 heteroatoms. The summed E-state index contributed by atoms with van der Waals surface area (Å²) in [5.41, 5.74) is 2.42. The van der Waals surface area contributed by atoms with Crippen LogP contribution in [0.1, 0.15) is 16.7 Å². The van der Waals surface area contributed by atoms with Crippen LogP contribution in [-0.4, -0.2) is 29.4 Å². The summed E-state index contributed by atoms with van der Waals surface area (Å²) in [5.74, 6) is -0.773. The first kappa shape index (κ1) is 28.1. The van der Waals surface area contributed by atoms with Gasteiger partial charge >= 0.3 is 0 Å². The first-order valence-electron chi connectivity index (χ1n) is 12.4. The number of amides is 2. The molecule has 4 aromatic carbocycles. The van der Waals surface area contributed by atoms with Crippen LogP contribution >= 0.6 is 23.2 Å². The van der Waals surface area contributed by atoms with Crippen molar-refractivity contribution in [2.45, 2.75) is 25.6 Å². The van der Waals surface area contributed by atoms with Gasteiger partial charge in [-0.15, -0.1) is 0 Å². The highest BCUT2D eigenvalue weighted by Gasteiger charge is 2.30. The summed E-state index contributed by atoms with van der Waals surface area (Å²) >= 11 is 12.2. The second-order valence-electron chi connectivity index (χ2n) is 8.92. The number of nitrogens with zero attached hydrogens (tertiary/aromatic N) is 1. The molecule has 0 radical (unpaired) electrons. The Hall–Kier alpha value is -3.87. The Balaban J connectivity index is 1.61. The maximum absolute atomic E-state index is 13.7. The van der Waals surface area contributed by atoms with E-state index in [2.05, 4.69) is 5.32 Å². The summed E-state index contributed by atoms with van der Waals surface area (Å²) in [6, 6.07) is 28.4. The van der Waals surface area contributed by atoms with Gasteiger partial charge in [0.05, 0.1) is 5.02 Å². The van der Waals surface area contributed by atoms with Crippen molar-refractivity contribution in [2.24, 2.45) is 0 Å². The molecule has 39 heavy (non-hydrogen) atoms. The Kier molecular flexibility index (Phi) is 9.95. The molecule has 2 amide bonds. The predicted molar refractivity (Wildman–Crippen MR) is 151 cm³/mol. The molecule has 200 valence electrons. The standard InChI is InChI=1S/C31H27Cl2FN2O3/c32-25-14-10-23(11-15-25)19-35-31(38)28(18-22-6-2-1-3-7-22)36(20-24-12-16-26(34)17-13-24)30(37)21-39-29-9-5-4-8-27(29)33/h1-17,28H,18-21H2,(H,35,38)/t28-/m1/s1. The third-order valence-corrected chi connectivity index (χ3v) is 6.67. The van der Waals surface area contributed by atoms with Crippen LogP contribution in [0.25, 0.3) is 0 Å². The SMILES string of the molecule is O=C(NCc1ccc(Cl)cc1)[C@@H](Cc1ccccc1)N(Cc1ccc(F)cc1)C(=O)COc1ccccc1Cl. The molecule has 0 fully saturated rings. The van der Waals surface area contributed by atoms with Gasteiger partial charge in [0.1, 0.15) is 17.6 Å². The van der Waals surface area contributed by atoms with Crippen molar-refractivity contribution in [3.05, 3.63) is 136 Å². The lowest BCUT2D eigenvalue weighted by atomic mass is 10.0. The van der Waals surface area contributed by atoms with E-state index in [0.717, 1.165) is 11.1 Å². The van der Waals surface area contributed by atoms with Crippen molar-refractivity contribution < 1.29 is 18.7 Å². The number of hydrogen-bond donors (Lipinski definition) is 1. The molecule has 0 saturated heterocycles. The van der Waals surface area contributed by atoms with Gasteiger partial charge in [-0.25, -0.2) is 4.39 Å². The van der Waals surface area contributed by atoms with Gasteiger partial charge in [0, 0.05) is 24.5 Å². The van der Waals surface area contributed by atoms with Crippen molar-refractivity contribution >= 4 is 35.0 Å². The molecular weight excluding hydrogens is 538 g/mol. The molecule has 4 rings (SSSR count). The van der Waals surface area contributed by atoms with Crippen LogP contribution in [0.5, 0.6) is 5.75 Å². The molecule has 0 heterocycles. The third kappa shape index (κ3) is 8.31. The Morgan fingerprint density at radius 1 is 0.795 bits per heavy atom. The minimum Gasteiger partial charge on any atom is -0.482 e. The van der Waals surface area contributed by atoms with Gasteiger partial charge in [-0.2, -0.15) is 0 Å². The van der Waals surface area contributed by atoms with Gasteiger partial charge in [-0.1, -0.05) is 89.9 Å². The normalized spacial score (nSPS) is 11.5. The molecular formula is C31H27Cl2FN2O3. The number of carbonyl (C=O) groups is 2. The van der Waals surface area contributed by atoms with Crippen molar-refractivity contribution in [3.8, 4) is 5.75 Å². The monoisotopic (exact) mass is 564 g/mol. The van der Waals surface area contributed by atoms with E-state index in [1.54, 1.807) is 48.5 Å². The lowest BCUT2D eigenvalue weighted by Gasteiger charge is -2.31. The molecule has 0 bridgehead atoms. The Bertz CT molecular complexity index is 1380. The van der Waals surface area contributed by atoms with Crippen molar-refractivity contribution in [1.82, 2.24) is 10.2 Å². The van der Waals surface area contributed by atoms with Crippen LogP contribution in [0.15, 0.2) is 103 Å². The van der Waals surface area contributed by atoms with E-state index in [1.165, 1.54) is 17.0 Å². The summed E-state index contributed by atoms with van der Waals surface area (Å²) in [6.07, 6.45) is 0.270. The first-order valence-corrected chi connectivity index (χ1v) is 13.1. The van der Waals surface area contributed by atoms with Crippen LogP contribution in [0.2, 0.25) is 10.0 Å². The zero-order valence-electron chi connectivity index (χ0n) is 21.0. The Morgan fingerprint density at radius 2 is 1.44 bits per heavy atom. The summed E-state index contributed by atoms with van der Waals surface area (Å²) < 4.78 is 19.3. The largest absolute Gasteiger partial charge is 0.482 e. The highest BCUT2D eigenvalue weighted by atomic mass is 35.5. The Morgan fingerprint density at radius 3 is 2.13 bits per heavy atom. The minimum absolute atomic E-state index is 0.0802. The molecule has 0 aliphatic rings. The fourth-order valence-electron chi connectivity index (χ4n) is 4.03. The van der Waals surface area contributed by atoms with Gasteiger partial charge in [0.15, 0.2) is 6.61 Å². The lowest BCUT2D eigenvalue weighted by molar-refractivity contribution is -0.142. The second kappa shape index (κ2) is 13.8. The van der Waals surface area contributed by atoms with Crippen LogP contribution in [0.3, 0.4) is 0 Å². The predicted octanol–water partition coefficient (Wildman–Crippen LogP) is 6.47. The van der Waals surface area contributed by atoms with Gasteiger partial charge in [0.25, 0.3) is 5.91 Å². The van der Waals surface area contributed by atoms with Crippen LogP contribution in [0.4, 0.5) is 4.39 Å². The summed E-state index contributed by atoms with van der Waals surface area (Å²) in [5, 5.41) is 3.92. The summed E-state index contributed by atoms with van der Waals surface area (Å²) in [4.78, 5) is 28.8. The number of halogens is 3. The van der Waals surface area contributed by atoms with E-state index < -0.39 is 11.9 Å². The molecule has 4 aromatic rings. The number of para-hydroxylation sites is 1. The zero-order chi connectivity index (χ0) is 27.6. The lowest BCUT2D eigenvalue weighted by Crippen LogP contribution is -2.51. The maximum atomic E-state index is 13.7. The molecule has 0 spiro atoms. The van der Waals surface area contributed by atoms with Crippen LogP contribution in [-0.2, 0) is 29.1 Å². The van der Waals surface area contributed by atoms with E-state index in [-0.39, 0.29) is 37.8 Å². The van der Waals surface area contributed by atoms with Crippen molar-refractivity contribution in [2.75, 3.05) is 6.61 Å². The smallest absolute Gasteiger partial charge is 0.261 e. The maximum Gasteiger partial charge on any atom is 0.261 e. The first-order chi connectivity index (χ1) is 18.9. The molecule has 0 saturated carbocycles. The Labute approximate surface area is 237 Å². The number of benzene rings is 4. The summed E-state index contributed by atoms with van der Waals surface area (Å²) in [7, 11) is 0. The van der Waals surface area contributed by atoms with Gasteiger partial charge in [-0.3, -0.25) is 9.59 Å². The number of carbonyl (C=O) groups excluding carboxylic acids is 2. The van der Waals surface area contributed by atoms with E-state index in [1.807, 2.05) is 42.5 Å². The van der Waals surface area contributed by atoms with E-state index >= 15 is 0 Å². The topological polar surface area (TPSA) is 58.6 Å². The van der Waals surface area contributed by atoms with Crippen LogP contribution in [0, 0.1) is 5.82 Å². The fourth-order valence-corrected chi connectivity index (χ4v) is 4.35. The molecule has 0 aliphatic carbocycles. The van der Waals surface area contributed by atoms with Gasteiger partial charge in [-0.05, 0) is 53.1 Å². The molecule has 0 unspecified atom stereocenters. The second-order valence-corrected chi connectivity index (χ2v) is 9.76. The number of ether oxygens (including phenoxy) is 1. The minimum atomic E-state index is -0.868. The highest BCUT2D eigenvalue weighted by molar-refractivity contribution is 6.32. The number of rotatable bonds is 11. The van der Waals surface area contributed by atoms with Gasteiger partial charge < -0.3 is 15.0 Å². The third-order valence-electron chi connectivity index (χ3n) is 6.11. The fraction of sp³-hybridized carbons (Fsp3) is 0.161. The molecule has 5 nitrogen and oxygen atoms in total. The number of nitrogens with one attached hydrogen (secondary N) is 1. The molecule has 1 atom stereocenters. The quantitative estimate of drug-likeness (QED) is 0.227. The molecule has 1 N–H and O–H groups in total. The average Bonchev–Trinajstić information content (AvgIpc) is 2.95. The van der Waals surface area contributed by atoms with Crippen molar-refractivity contribution in [1.29, 1.82) is 0 Å². The van der Waals surface area contributed by atoms with Crippen molar-refractivity contribution in [3.63, 3.8) is 0 Å². The van der Waals surface area contributed by atoms with E-state index in [9.17, 15) is 14.0 Å². The molecule has 0 aromatic heterocycles. The average molecular weight is 565 g/mol. The van der Waals surface area contributed by atoms with Gasteiger partial charge in [0.2, 0.25) is 5.91 Å². The van der Waals surface area contributed by atoms with E-state index in [4.69, 9.17) is 27.9 Å². The molecule has 0 aliphatic heterocycles. The summed E-state index contributed by atoms with van der Waals surface area (Å²) in [6.45, 7) is 0.00748. The number of hydrogen-bond acceptors (Lipinski definition) is 3. The van der Waals surface area contributed by atoms with Crippen LogP contribution < -0.4 is 10.1 Å².